The van der Waals surface area contributed by atoms with Gasteiger partial charge in [0, 0.05) is 6.08 Å². The summed E-state index contributed by atoms with van der Waals surface area (Å²) in [6.07, 6.45) is 50.9. The van der Waals surface area contributed by atoms with Gasteiger partial charge in [-0.05, 0) is 12.8 Å². The number of carbonyl (C=O) groups is 1. The lowest BCUT2D eigenvalue weighted by Gasteiger charge is -2.04. The number of hydrogen-bond donors (Lipinski definition) is 1. The highest BCUT2D eigenvalue weighted by Crippen LogP contribution is 2.16. The first-order valence-electron chi connectivity index (χ1n) is 17.8. The molecule has 0 atom stereocenters. The van der Waals surface area contributed by atoms with Crippen molar-refractivity contribution in [2.75, 3.05) is 0 Å². The maximum atomic E-state index is 10.4. The molecule has 1 N–H and O–H groups in total. The lowest BCUT2D eigenvalue weighted by molar-refractivity contribution is -0.131. The first-order valence-corrected chi connectivity index (χ1v) is 17.8. The fraction of sp³-hybridized carbons (Fsp3) is 0.865. The van der Waals surface area contributed by atoms with Crippen LogP contribution in [-0.2, 0) is 4.79 Å². The lowest BCUT2D eigenvalue weighted by atomic mass is 10.0. The van der Waals surface area contributed by atoms with Gasteiger partial charge in [0.2, 0.25) is 0 Å². The van der Waals surface area contributed by atoms with Gasteiger partial charge in [0.15, 0.2) is 0 Å². The van der Waals surface area contributed by atoms with Gasteiger partial charge in [0.25, 0.3) is 0 Å². The number of hydrogen-bond acceptors (Lipinski definition) is 1. The molecule has 2 nitrogen and oxygen atoms in total. The quantitative estimate of drug-likeness (QED) is 0.0505. The van der Waals surface area contributed by atoms with E-state index in [1.165, 1.54) is 199 Å². The van der Waals surface area contributed by atoms with E-state index in [0.717, 1.165) is 6.42 Å². The summed E-state index contributed by atoms with van der Waals surface area (Å²) in [5.74, 6) is -0.879. The van der Waals surface area contributed by atoms with Gasteiger partial charge >= 0.3 is 5.97 Å². The Morgan fingerprint density at radius 1 is 0.410 bits per heavy atom. The lowest BCUT2D eigenvalue weighted by Crippen LogP contribution is -1.85. The summed E-state index contributed by atoms with van der Waals surface area (Å²) in [7, 11) is 0. The predicted molar refractivity (Wildman–Crippen MR) is 175 cm³/mol. The van der Waals surface area contributed by atoms with Crippen LogP contribution in [0, 0.1) is 0 Å². The minimum atomic E-state index is -0.879. The van der Waals surface area contributed by atoms with Gasteiger partial charge in [0.1, 0.15) is 0 Å². The van der Waals surface area contributed by atoms with Crippen LogP contribution in [0.25, 0.3) is 0 Å². The van der Waals surface area contributed by atoms with E-state index in [9.17, 15) is 4.79 Å². The van der Waals surface area contributed by atoms with Crippen LogP contribution in [0.4, 0.5) is 0 Å². The van der Waals surface area contributed by atoms with Crippen molar-refractivity contribution >= 4 is 5.97 Å². The Morgan fingerprint density at radius 3 is 0.923 bits per heavy atom. The van der Waals surface area contributed by atoms with E-state index < -0.39 is 5.97 Å². The molecule has 0 spiro atoms. The fourth-order valence-corrected chi connectivity index (χ4v) is 5.60. The maximum Gasteiger partial charge on any atom is 0.328 e. The zero-order chi connectivity index (χ0) is 28.3. The largest absolute Gasteiger partial charge is 0.478 e. The van der Waals surface area contributed by atoms with E-state index in [1.807, 2.05) is 6.08 Å². The molecule has 0 aromatic heterocycles. The van der Waals surface area contributed by atoms with Crippen molar-refractivity contribution < 1.29 is 9.90 Å². The van der Waals surface area contributed by atoms with Gasteiger partial charge in [-0.2, -0.15) is 0 Å². The van der Waals surface area contributed by atoms with E-state index >= 15 is 0 Å². The van der Waals surface area contributed by atoms with E-state index in [4.69, 9.17) is 5.11 Å². The molecular weight excluding hydrogens is 476 g/mol. The number of aliphatic carboxylic acids is 1. The van der Waals surface area contributed by atoms with Crippen LogP contribution in [0.3, 0.4) is 0 Å². The predicted octanol–water partition coefficient (Wildman–Crippen LogP) is 13.3. The summed E-state index contributed by atoms with van der Waals surface area (Å²) in [6, 6.07) is 0. The molecule has 0 radical (unpaired) electrons. The summed E-state index contributed by atoms with van der Waals surface area (Å²) >= 11 is 0. The second-order valence-corrected chi connectivity index (χ2v) is 12.2. The number of carboxylic acid groups (broad SMARTS) is 1. The van der Waals surface area contributed by atoms with Crippen molar-refractivity contribution in [3.8, 4) is 0 Å². The molecule has 2 heteroatoms. The molecule has 0 aromatic rings. The third kappa shape index (κ3) is 37.0. The zero-order valence-corrected chi connectivity index (χ0v) is 26.6. The van der Waals surface area contributed by atoms with Crippen molar-refractivity contribution in [3.05, 3.63) is 24.3 Å². The fourth-order valence-electron chi connectivity index (χ4n) is 5.60. The van der Waals surface area contributed by atoms with Crippen LogP contribution in [-0.4, -0.2) is 11.1 Å². The van der Waals surface area contributed by atoms with Crippen LogP contribution in [0.15, 0.2) is 24.3 Å². The van der Waals surface area contributed by atoms with Crippen molar-refractivity contribution in [3.63, 3.8) is 0 Å². The van der Waals surface area contributed by atoms with Crippen LogP contribution >= 0.6 is 0 Å². The smallest absolute Gasteiger partial charge is 0.328 e. The Bertz CT molecular complexity index is 522. The van der Waals surface area contributed by atoms with Gasteiger partial charge < -0.3 is 5.11 Å². The van der Waals surface area contributed by atoms with Gasteiger partial charge in [-0.15, -0.1) is 0 Å². The molecular formula is C37H70O2. The molecule has 0 heterocycles. The molecule has 0 aliphatic heterocycles. The molecule has 0 amide bonds. The van der Waals surface area contributed by atoms with E-state index in [0.29, 0.717) is 0 Å². The van der Waals surface area contributed by atoms with Crippen molar-refractivity contribution in [2.45, 2.75) is 206 Å². The van der Waals surface area contributed by atoms with Gasteiger partial charge in [0.05, 0.1) is 0 Å². The van der Waals surface area contributed by atoms with Crippen LogP contribution in [0.5, 0.6) is 0 Å². The van der Waals surface area contributed by atoms with Gasteiger partial charge in [-0.1, -0.05) is 211 Å². The number of unbranched alkanes of at least 4 members (excludes halogenated alkanes) is 30. The molecule has 0 aliphatic rings. The highest BCUT2D eigenvalue weighted by Gasteiger charge is 1.97. The van der Waals surface area contributed by atoms with E-state index in [-0.39, 0.29) is 0 Å². The van der Waals surface area contributed by atoms with E-state index in [2.05, 4.69) is 13.0 Å². The number of carboxylic acids is 1. The minimum absolute atomic E-state index is 0.879. The summed E-state index contributed by atoms with van der Waals surface area (Å²) in [6.45, 7) is 2.30. The van der Waals surface area contributed by atoms with Crippen molar-refractivity contribution in [2.24, 2.45) is 0 Å². The summed E-state index contributed by atoms with van der Waals surface area (Å²) in [5, 5.41) is 8.51. The van der Waals surface area contributed by atoms with Crippen molar-refractivity contribution in [1.82, 2.24) is 0 Å². The summed E-state index contributed by atoms with van der Waals surface area (Å²) < 4.78 is 0. The standard InChI is InChI=1S/C37H70O2/c1-2-3-4-5-6-7-8-9-10-11-12-13-14-15-16-17-18-19-20-21-22-23-24-25-26-27-28-29-30-31-32-33-34-35-36-37(38)39/h33-36H,2-32H2,1H3,(H,38,39). The normalized spacial score (nSPS) is 11.8. The highest BCUT2D eigenvalue weighted by molar-refractivity contribution is 5.80. The molecule has 0 unspecified atom stereocenters. The molecule has 0 aliphatic carbocycles. The summed E-state index contributed by atoms with van der Waals surface area (Å²) in [5.41, 5.74) is 0. The second kappa shape index (κ2) is 35.0. The van der Waals surface area contributed by atoms with Crippen LogP contribution < -0.4 is 0 Å². The van der Waals surface area contributed by atoms with E-state index in [1.54, 1.807) is 6.08 Å². The third-order valence-corrected chi connectivity index (χ3v) is 8.21. The summed E-state index contributed by atoms with van der Waals surface area (Å²) in [4.78, 5) is 10.4. The molecule has 0 fully saturated rings. The molecule has 230 valence electrons. The highest BCUT2D eigenvalue weighted by atomic mass is 16.4. The number of allylic oxidation sites excluding steroid dienone is 3. The van der Waals surface area contributed by atoms with Gasteiger partial charge in [-0.3, -0.25) is 0 Å². The number of rotatable bonds is 33. The Kier molecular flexibility index (Phi) is 34.0. The SMILES string of the molecule is CCCCCCCCCCCCCCCCCCCCCCCCCCCCCCCCC=CC=CC(=O)O. The molecule has 0 bridgehead atoms. The first-order chi connectivity index (χ1) is 19.3. The van der Waals surface area contributed by atoms with Crippen LogP contribution in [0.1, 0.15) is 206 Å². The first kappa shape index (κ1) is 38.0. The average Bonchev–Trinajstić information content (AvgIpc) is 2.93. The second-order valence-electron chi connectivity index (χ2n) is 12.2. The molecule has 0 aromatic carbocycles. The Labute approximate surface area is 245 Å². The molecule has 0 saturated carbocycles. The molecule has 0 rings (SSSR count). The maximum absolute atomic E-state index is 10.4. The van der Waals surface area contributed by atoms with Crippen LogP contribution in [0.2, 0.25) is 0 Å². The zero-order valence-electron chi connectivity index (χ0n) is 26.6. The van der Waals surface area contributed by atoms with Crippen molar-refractivity contribution in [1.29, 1.82) is 0 Å². The minimum Gasteiger partial charge on any atom is -0.478 e. The molecule has 39 heavy (non-hydrogen) atoms. The Balaban J connectivity index is 3.07. The Hall–Kier alpha value is -1.05. The Morgan fingerprint density at radius 2 is 0.667 bits per heavy atom. The van der Waals surface area contributed by atoms with Gasteiger partial charge in [-0.25, -0.2) is 4.79 Å². The monoisotopic (exact) mass is 547 g/mol. The average molecular weight is 547 g/mol. The molecule has 0 saturated heterocycles. The topological polar surface area (TPSA) is 37.3 Å². The third-order valence-electron chi connectivity index (χ3n) is 8.21.